The van der Waals surface area contributed by atoms with E-state index < -0.39 is 6.10 Å². The minimum atomic E-state index is -0.515. The topological polar surface area (TPSA) is 38.3 Å². The zero-order valence-electron chi connectivity index (χ0n) is 15.9. The van der Waals surface area contributed by atoms with E-state index >= 15 is 0 Å². The molecule has 0 aliphatic rings. The van der Waals surface area contributed by atoms with Crippen LogP contribution < -0.4 is 10.1 Å². The number of rotatable bonds is 7. The first-order chi connectivity index (χ1) is 11.9. The third-order valence-electron chi connectivity index (χ3n) is 4.53. The Balaban J connectivity index is 1.87. The molecular weight excluding hydrogens is 310 g/mol. The highest BCUT2D eigenvalue weighted by Gasteiger charge is 2.18. The average molecular weight is 339 g/mol. The molecule has 1 amide bonds. The van der Waals surface area contributed by atoms with E-state index in [4.69, 9.17) is 4.74 Å². The van der Waals surface area contributed by atoms with Crippen LogP contribution in [0.1, 0.15) is 42.5 Å². The molecule has 134 valence electrons. The monoisotopic (exact) mass is 339 g/mol. The molecular formula is C22H29NO2. The molecule has 0 saturated carbocycles. The highest BCUT2D eigenvalue weighted by atomic mass is 16.5. The van der Waals surface area contributed by atoms with Gasteiger partial charge in [0.05, 0.1) is 0 Å². The molecule has 0 aromatic heterocycles. The lowest BCUT2D eigenvalue weighted by molar-refractivity contribution is -0.127. The highest BCUT2D eigenvalue weighted by molar-refractivity contribution is 5.81. The molecule has 0 aliphatic heterocycles. The summed E-state index contributed by atoms with van der Waals surface area (Å²) in [6, 6.07) is 14.6. The van der Waals surface area contributed by atoms with Crippen molar-refractivity contribution in [3.8, 4) is 5.75 Å². The van der Waals surface area contributed by atoms with Crippen LogP contribution in [0.3, 0.4) is 0 Å². The zero-order chi connectivity index (χ0) is 18.4. The minimum absolute atomic E-state index is 0.0703. The molecule has 3 heteroatoms. The largest absolute Gasteiger partial charge is 0.481 e. The summed E-state index contributed by atoms with van der Waals surface area (Å²) in [4.78, 5) is 12.4. The number of nitrogens with one attached hydrogen (secondary N) is 1. The summed E-state index contributed by atoms with van der Waals surface area (Å²) in [5, 5.41) is 3.05. The van der Waals surface area contributed by atoms with Crippen molar-refractivity contribution < 1.29 is 9.53 Å². The number of carbonyl (C=O) groups is 1. The van der Waals surface area contributed by atoms with E-state index in [0.29, 0.717) is 0 Å². The van der Waals surface area contributed by atoms with Crippen LogP contribution in [0.15, 0.2) is 42.5 Å². The molecule has 0 fully saturated rings. The molecule has 2 aromatic carbocycles. The number of hydrogen-bond acceptors (Lipinski definition) is 2. The van der Waals surface area contributed by atoms with Crippen molar-refractivity contribution in [1.29, 1.82) is 0 Å². The third kappa shape index (κ3) is 5.63. The normalized spacial score (nSPS) is 13.2. The first-order valence-corrected chi connectivity index (χ1v) is 8.95. The fraction of sp³-hybridized carbons (Fsp3) is 0.409. The summed E-state index contributed by atoms with van der Waals surface area (Å²) in [6.07, 6.45) is 1.35. The fourth-order valence-corrected chi connectivity index (χ4v) is 2.83. The van der Waals surface area contributed by atoms with Crippen molar-refractivity contribution in [2.75, 3.05) is 0 Å². The number of benzene rings is 2. The van der Waals surface area contributed by atoms with Gasteiger partial charge >= 0.3 is 0 Å². The maximum absolute atomic E-state index is 12.4. The number of aryl methyl sites for hydroxylation is 3. The van der Waals surface area contributed by atoms with Crippen LogP contribution in [-0.4, -0.2) is 18.1 Å². The smallest absolute Gasteiger partial charge is 0.260 e. The Morgan fingerprint density at radius 1 is 1.08 bits per heavy atom. The summed E-state index contributed by atoms with van der Waals surface area (Å²) in [5.74, 6) is 0.719. The van der Waals surface area contributed by atoms with Crippen molar-refractivity contribution in [3.63, 3.8) is 0 Å². The lowest BCUT2D eigenvalue weighted by Crippen LogP contribution is -2.41. The molecule has 0 heterocycles. The van der Waals surface area contributed by atoms with Crippen LogP contribution in [0.2, 0.25) is 0 Å². The van der Waals surface area contributed by atoms with Crippen molar-refractivity contribution in [3.05, 3.63) is 64.7 Å². The first-order valence-electron chi connectivity index (χ1n) is 8.95. The Kier molecular flexibility index (Phi) is 6.63. The fourth-order valence-electron chi connectivity index (χ4n) is 2.83. The molecule has 1 N–H and O–H groups in total. The summed E-state index contributed by atoms with van der Waals surface area (Å²) in [5.41, 5.74) is 4.70. The summed E-state index contributed by atoms with van der Waals surface area (Å²) < 4.78 is 5.92. The average Bonchev–Trinajstić information content (AvgIpc) is 2.58. The van der Waals surface area contributed by atoms with Crippen LogP contribution in [0.5, 0.6) is 5.75 Å². The maximum atomic E-state index is 12.4. The standard InChI is InChI=1S/C22H29NO2/c1-15-13-16(2)18(4)21(14-15)25-19(5)22(24)23-17(3)11-12-20-9-7-6-8-10-20/h6-10,13-14,17,19H,11-12H2,1-5H3,(H,23,24)/t17-,19-/m1/s1. The second kappa shape index (κ2) is 8.70. The van der Waals surface area contributed by atoms with Gasteiger partial charge < -0.3 is 10.1 Å². The Hall–Kier alpha value is -2.29. The predicted octanol–water partition coefficient (Wildman–Crippen LogP) is 4.52. The van der Waals surface area contributed by atoms with E-state index in [2.05, 4.69) is 30.4 Å². The highest BCUT2D eigenvalue weighted by Crippen LogP contribution is 2.24. The number of hydrogen-bond donors (Lipinski definition) is 1. The van der Waals surface area contributed by atoms with Crippen molar-refractivity contribution in [1.82, 2.24) is 5.32 Å². The lowest BCUT2D eigenvalue weighted by atomic mass is 10.1. The van der Waals surface area contributed by atoms with E-state index in [0.717, 1.165) is 29.7 Å². The second-order valence-electron chi connectivity index (χ2n) is 6.90. The maximum Gasteiger partial charge on any atom is 0.260 e. The molecule has 25 heavy (non-hydrogen) atoms. The second-order valence-corrected chi connectivity index (χ2v) is 6.90. The van der Waals surface area contributed by atoms with Gasteiger partial charge in [0.2, 0.25) is 0 Å². The van der Waals surface area contributed by atoms with E-state index in [-0.39, 0.29) is 11.9 Å². The van der Waals surface area contributed by atoms with E-state index in [1.54, 1.807) is 6.92 Å². The molecule has 0 radical (unpaired) electrons. The van der Waals surface area contributed by atoms with Crippen LogP contribution in [0, 0.1) is 20.8 Å². The number of carbonyl (C=O) groups excluding carboxylic acids is 1. The molecule has 2 atom stereocenters. The van der Waals surface area contributed by atoms with Gasteiger partial charge in [-0.1, -0.05) is 36.4 Å². The van der Waals surface area contributed by atoms with Crippen molar-refractivity contribution in [2.24, 2.45) is 0 Å². The number of amides is 1. The van der Waals surface area contributed by atoms with Gasteiger partial charge in [0.25, 0.3) is 5.91 Å². The van der Waals surface area contributed by atoms with Crippen molar-refractivity contribution >= 4 is 5.91 Å². The Morgan fingerprint density at radius 2 is 1.76 bits per heavy atom. The van der Waals surface area contributed by atoms with Gasteiger partial charge in [-0.2, -0.15) is 0 Å². The van der Waals surface area contributed by atoms with Gasteiger partial charge in [-0.25, -0.2) is 0 Å². The van der Waals surface area contributed by atoms with E-state index in [9.17, 15) is 4.79 Å². The molecule has 0 unspecified atom stereocenters. The van der Waals surface area contributed by atoms with Gasteiger partial charge in [-0.15, -0.1) is 0 Å². The van der Waals surface area contributed by atoms with E-state index in [1.165, 1.54) is 11.1 Å². The molecule has 0 saturated heterocycles. The number of ether oxygens (including phenoxy) is 1. The zero-order valence-corrected chi connectivity index (χ0v) is 15.9. The predicted molar refractivity (Wildman–Crippen MR) is 103 cm³/mol. The van der Waals surface area contributed by atoms with Gasteiger partial charge in [0.15, 0.2) is 6.10 Å². The van der Waals surface area contributed by atoms with Crippen LogP contribution >= 0.6 is 0 Å². The van der Waals surface area contributed by atoms with Crippen molar-refractivity contribution in [2.45, 2.75) is 59.6 Å². The van der Waals surface area contributed by atoms with Crippen LogP contribution in [-0.2, 0) is 11.2 Å². The molecule has 3 nitrogen and oxygen atoms in total. The van der Waals surface area contributed by atoms with Gasteiger partial charge in [0, 0.05) is 6.04 Å². The Bertz CT molecular complexity index is 709. The third-order valence-corrected chi connectivity index (χ3v) is 4.53. The minimum Gasteiger partial charge on any atom is -0.481 e. The summed E-state index contributed by atoms with van der Waals surface area (Å²) in [6.45, 7) is 9.96. The van der Waals surface area contributed by atoms with E-state index in [1.807, 2.05) is 45.0 Å². The summed E-state index contributed by atoms with van der Waals surface area (Å²) >= 11 is 0. The summed E-state index contributed by atoms with van der Waals surface area (Å²) in [7, 11) is 0. The van der Waals surface area contributed by atoms with Crippen LogP contribution in [0.25, 0.3) is 0 Å². The van der Waals surface area contributed by atoms with Crippen LogP contribution in [0.4, 0.5) is 0 Å². The van der Waals surface area contributed by atoms with Gasteiger partial charge in [-0.3, -0.25) is 4.79 Å². The molecule has 0 aliphatic carbocycles. The molecule has 2 rings (SSSR count). The Labute approximate surface area is 151 Å². The molecule has 0 spiro atoms. The quantitative estimate of drug-likeness (QED) is 0.805. The first kappa shape index (κ1) is 19.0. The van der Waals surface area contributed by atoms with Gasteiger partial charge in [-0.05, 0) is 75.8 Å². The lowest BCUT2D eigenvalue weighted by Gasteiger charge is -2.20. The Morgan fingerprint density at radius 3 is 2.44 bits per heavy atom. The SMILES string of the molecule is Cc1cc(C)c(C)c(O[C@H](C)C(=O)N[C@H](C)CCc2ccccc2)c1. The molecule has 2 aromatic rings. The molecule has 0 bridgehead atoms. The van der Waals surface area contributed by atoms with Gasteiger partial charge in [0.1, 0.15) is 5.75 Å².